The lowest BCUT2D eigenvalue weighted by molar-refractivity contribution is 0.0370. The number of carbonyl (C=O) groups is 2. The number of nitrogens with two attached hydrogens (primary N) is 1. The molecule has 0 radical (unpaired) electrons. The molecule has 1 atom stereocenters. The van der Waals surface area contributed by atoms with Gasteiger partial charge in [0, 0.05) is 48.2 Å². The highest BCUT2D eigenvalue weighted by Crippen LogP contribution is 2.43. The molecule has 2 amide bonds. The van der Waals surface area contributed by atoms with E-state index in [2.05, 4.69) is 20.0 Å². The van der Waals surface area contributed by atoms with Gasteiger partial charge in [0.1, 0.15) is 32.9 Å². The number of hydrogen-bond donors (Lipinski definition) is 4. The van der Waals surface area contributed by atoms with Crippen molar-refractivity contribution in [2.75, 3.05) is 40.2 Å². The van der Waals surface area contributed by atoms with Gasteiger partial charge < -0.3 is 35.1 Å². The Labute approximate surface area is 441 Å². The number of aromatic nitrogens is 5. The molecule has 2 heterocycles. The number of ether oxygens (including phenoxy) is 3. The molecule has 76 heavy (non-hydrogen) atoms. The quantitative estimate of drug-likeness (QED) is 0.0566. The van der Waals surface area contributed by atoms with Gasteiger partial charge in [0.05, 0.1) is 45.0 Å². The Morgan fingerprint density at radius 1 is 0.697 bits per heavy atom. The van der Waals surface area contributed by atoms with Crippen LogP contribution in [0.2, 0.25) is 0 Å². The van der Waals surface area contributed by atoms with Gasteiger partial charge in [-0.15, -0.1) is 10.2 Å². The van der Waals surface area contributed by atoms with Gasteiger partial charge in [-0.1, -0.05) is 60.7 Å². The SMILES string of the molecule is COc1ccc(CN(Cc2ccc(OC)cc2)S(=O)(=O)c2c(S(=O)(=O)NC[C@H](CN(C(=O)O)C(C)(C)C)N(C(=O)O)C(C)(C)C)ccc(-c3cccc4ccc(N)nc34)c2-c2nnn(Cc3ccc(OC)cc3)n2)cc1. The summed E-state index contributed by atoms with van der Waals surface area (Å²) in [5.41, 5.74) is 6.34. The van der Waals surface area contributed by atoms with E-state index < -0.39 is 72.2 Å². The first kappa shape index (κ1) is 55.9. The number of fused-ring (bicyclic) bond motifs is 1. The van der Waals surface area contributed by atoms with E-state index in [4.69, 9.17) is 25.0 Å². The van der Waals surface area contributed by atoms with E-state index in [-0.39, 0.29) is 42.4 Å². The molecule has 0 unspecified atom stereocenters. The summed E-state index contributed by atoms with van der Waals surface area (Å²) in [4.78, 5) is 32.2. The highest BCUT2D eigenvalue weighted by molar-refractivity contribution is 7.92. The Balaban J connectivity index is 1.53. The third-order valence-electron chi connectivity index (χ3n) is 12.5. The van der Waals surface area contributed by atoms with Crippen molar-refractivity contribution in [2.24, 2.45) is 0 Å². The van der Waals surface area contributed by atoms with Crippen LogP contribution in [0, 0.1) is 0 Å². The molecule has 7 rings (SSSR count). The van der Waals surface area contributed by atoms with Crippen LogP contribution in [0.5, 0.6) is 17.2 Å². The van der Waals surface area contributed by atoms with Crippen molar-refractivity contribution in [2.45, 2.75) is 88.1 Å². The number of benzene rings is 5. The number of amides is 2. The summed E-state index contributed by atoms with van der Waals surface area (Å²) in [5.74, 6) is 1.50. The predicted molar refractivity (Wildman–Crippen MR) is 286 cm³/mol. The van der Waals surface area contributed by atoms with E-state index in [1.165, 1.54) is 32.2 Å². The van der Waals surface area contributed by atoms with E-state index in [9.17, 15) is 19.8 Å². The highest BCUT2D eigenvalue weighted by Gasteiger charge is 2.41. The van der Waals surface area contributed by atoms with E-state index in [0.29, 0.717) is 44.8 Å². The largest absolute Gasteiger partial charge is 0.497 e. The van der Waals surface area contributed by atoms with Crippen LogP contribution in [0.25, 0.3) is 33.4 Å². The number of nitrogens with one attached hydrogen (secondary N) is 1. The molecule has 0 saturated carbocycles. The lowest BCUT2D eigenvalue weighted by Crippen LogP contribution is -2.61. The number of methoxy groups -OCH3 is 3. The summed E-state index contributed by atoms with van der Waals surface area (Å²) in [6.45, 7) is 7.92. The summed E-state index contributed by atoms with van der Waals surface area (Å²) in [7, 11) is -5.69. The average Bonchev–Trinajstić information content (AvgIpc) is 3.84. The fourth-order valence-electron chi connectivity index (χ4n) is 8.75. The topological polar surface area (TPSA) is 275 Å². The first-order chi connectivity index (χ1) is 35.8. The van der Waals surface area contributed by atoms with Crippen molar-refractivity contribution in [3.8, 4) is 39.8 Å². The molecule has 0 aliphatic rings. The highest BCUT2D eigenvalue weighted by atomic mass is 32.2. The van der Waals surface area contributed by atoms with Gasteiger partial charge in [0.15, 0.2) is 0 Å². The van der Waals surface area contributed by atoms with Gasteiger partial charge in [-0.25, -0.2) is 36.1 Å². The minimum atomic E-state index is -5.13. The van der Waals surface area contributed by atoms with Crippen LogP contribution in [0.15, 0.2) is 125 Å². The van der Waals surface area contributed by atoms with E-state index in [1.807, 2.05) is 0 Å². The summed E-state index contributed by atoms with van der Waals surface area (Å²) in [6.07, 6.45) is -2.83. The number of tetrazole rings is 1. The minimum Gasteiger partial charge on any atom is -0.497 e. The summed E-state index contributed by atoms with van der Waals surface area (Å²) in [5, 5.41) is 35.2. The van der Waals surface area contributed by atoms with Crippen molar-refractivity contribution in [1.29, 1.82) is 0 Å². The lowest BCUT2D eigenvalue weighted by Gasteiger charge is -2.43. The van der Waals surface area contributed by atoms with Gasteiger partial charge in [-0.2, -0.15) is 9.10 Å². The average molecular weight is 1080 g/mol. The number of pyridine rings is 1. The number of hydrogen-bond acceptors (Lipinski definition) is 14. The zero-order chi connectivity index (χ0) is 55.3. The lowest BCUT2D eigenvalue weighted by atomic mass is 9.96. The van der Waals surface area contributed by atoms with Crippen LogP contribution in [-0.4, -0.2) is 130 Å². The number of carboxylic acid groups (broad SMARTS) is 2. The molecule has 2 aromatic heterocycles. The Morgan fingerprint density at radius 3 is 1.75 bits per heavy atom. The molecule has 0 aliphatic carbocycles. The van der Waals surface area contributed by atoms with Crippen LogP contribution in [0.4, 0.5) is 15.4 Å². The van der Waals surface area contributed by atoms with Crippen LogP contribution >= 0.6 is 0 Å². The van der Waals surface area contributed by atoms with E-state index >= 15 is 16.8 Å². The third kappa shape index (κ3) is 12.6. The molecule has 0 saturated heterocycles. The van der Waals surface area contributed by atoms with Crippen molar-refractivity contribution in [1.82, 2.24) is 44.0 Å². The van der Waals surface area contributed by atoms with Crippen LogP contribution in [0.1, 0.15) is 58.2 Å². The molecule has 5 aromatic carbocycles. The minimum absolute atomic E-state index is 0.0541. The second kappa shape index (κ2) is 22.5. The van der Waals surface area contributed by atoms with Crippen LogP contribution < -0.4 is 24.7 Å². The molecule has 0 bridgehead atoms. The molecular weight excluding hydrogens is 1020 g/mol. The second-order valence-corrected chi connectivity index (χ2v) is 23.4. The zero-order valence-electron chi connectivity index (χ0n) is 43.6. The summed E-state index contributed by atoms with van der Waals surface area (Å²) < 4.78 is 83.6. The Bertz CT molecular complexity index is 3390. The van der Waals surface area contributed by atoms with Crippen molar-refractivity contribution in [3.05, 3.63) is 132 Å². The molecular formula is C53H62N10O11S2. The number of nitrogen functional groups attached to an aromatic ring is 1. The maximum Gasteiger partial charge on any atom is 0.408 e. The third-order valence-corrected chi connectivity index (χ3v) is 15.9. The number of anilines is 1. The number of para-hydroxylation sites is 1. The van der Waals surface area contributed by atoms with Gasteiger partial charge >= 0.3 is 12.2 Å². The van der Waals surface area contributed by atoms with Crippen molar-refractivity contribution < 1.29 is 50.8 Å². The van der Waals surface area contributed by atoms with Crippen LogP contribution in [-0.2, 0) is 39.7 Å². The van der Waals surface area contributed by atoms with Crippen molar-refractivity contribution in [3.63, 3.8) is 0 Å². The zero-order valence-corrected chi connectivity index (χ0v) is 45.3. The summed E-state index contributed by atoms with van der Waals surface area (Å²) >= 11 is 0. The number of rotatable bonds is 20. The first-order valence-corrected chi connectivity index (χ1v) is 26.8. The predicted octanol–water partition coefficient (Wildman–Crippen LogP) is 7.81. The monoisotopic (exact) mass is 1080 g/mol. The van der Waals surface area contributed by atoms with Gasteiger partial charge in [-0.05, 0) is 124 Å². The molecule has 0 aliphatic heterocycles. The fourth-order valence-corrected chi connectivity index (χ4v) is 12.2. The van der Waals surface area contributed by atoms with Gasteiger partial charge in [0.2, 0.25) is 25.9 Å². The Kier molecular flexibility index (Phi) is 16.6. The van der Waals surface area contributed by atoms with E-state index in [1.54, 1.807) is 145 Å². The molecule has 23 heteroatoms. The molecule has 0 fully saturated rings. The smallest absolute Gasteiger partial charge is 0.408 e. The molecule has 0 spiro atoms. The molecule has 7 aromatic rings. The maximum absolute atomic E-state index is 16.4. The normalized spacial score (nSPS) is 12.6. The van der Waals surface area contributed by atoms with E-state index in [0.717, 1.165) is 25.7 Å². The fraction of sp³-hybridized carbons (Fsp3) is 0.321. The second-order valence-electron chi connectivity index (χ2n) is 19.8. The Hall–Kier alpha value is -7.86. The molecule has 21 nitrogen and oxygen atoms in total. The molecule has 402 valence electrons. The maximum atomic E-state index is 16.4. The summed E-state index contributed by atoms with van der Waals surface area (Å²) in [6, 6.07) is 30.3. The van der Waals surface area contributed by atoms with Crippen molar-refractivity contribution >= 4 is 49.0 Å². The number of sulfonamides is 2. The number of nitrogens with zero attached hydrogens (tertiary/aromatic N) is 8. The van der Waals surface area contributed by atoms with Gasteiger partial charge in [-0.3, -0.25) is 4.90 Å². The Morgan fingerprint density at radius 2 is 1.25 bits per heavy atom. The van der Waals surface area contributed by atoms with Gasteiger partial charge in [0.25, 0.3) is 0 Å². The first-order valence-electron chi connectivity index (χ1n) is 23.9. The van der Waals surface area contributed by atoms with Crippen LogP contribution in [0.3, 0.4) is 0 Å². The molecule has 5 N–H and O–H groups in total. The standard InChI is InChI=1S/C53H62N10O11S2/c1-52(2,3)61(50(64)65)33-38(63(51(66)67)53(4,5)6)29-55-75(68,69)44-27-26-42(43-12-10-11-37-19-28-45(54)56-47(37)43)46(49-57-59-62(58-49)32-36-17-24-41(74-9)25-18-36)48(44)76(70,71)60(30-34-13-20-39(72-7)21-14-34)31-35-15-22-40(73-8)23-16-35/h10-28,38,55H,29-33H2,1-9H3,(H2,54,56)(H,64,65)(H,66,67)/t38-/m1/s1.